The van der Waals surface area contributed by atoms with Crippen molar-refractivity contribution in [2.24, 2.45) is 4.99 Å². The van der Waals surface area contributed by atoms with Gasteiger partial charge in [0.1, 0.15) is 5.75 Å². The van der Waals surface area contributed by atoms with Crippen molar-refractivity contribution < 1.29 is 9.90 Å². The third kappa shape index (κ3) is 3.77. The van der Waals surface area contributed by atoms with Gasteiger partial charge in [-0.05, 0) is 60.5 Å². The van der Waals surface area contributed by atoms with Gasteiger partial charge in [-0.25, -0.2) is 0 Å². The lowest BCUT2D eigenvalue weighted by atomic mass is 10.1. The van der Waals surface area contributed by atoms with Gasteiger partial charge < -0.3 is 5.11 Å². The number of aromatic hydroxyl groups is 1. The minimum Gasteiger partial charge on any atom is -0.508 e. The number of para-hydroxylation sites is 1. The molecule has 1 aliphatic heterocycles. The van der Waals surface area contributed by atoms with Gasteiger partial charge in [-0.2, -0.15) is 0 Å². The largest absolute Gasteiger partial charge is 0.508 e. The number of carbonyl (C=O) groups excluding carboxylic acids is 1. The molecule has 3 rings (SSSR count). The zero-order chi connectivity index (χ0) is 17.8. The molecule has 25 heavy (non-hydrogen) atoms. The van der Waals surface area contributed by atoms with E-state index in [0.717, 1.165) is 23.2 Å². The molecule has 1 saturated heterocycles. The van der Waals surface area contributed by atoms with E-state index in [1.165, 1.54) is 11.8 Å². The summed E-state index contributed by atoms with van der Waals surface area (Å²) in [4.78, 5) is 19.9. The van der Waals surface area contributed by atoms with Crippen LogP contribution in [-0.2, 0) is 4.79 Å². The Morgan fingerprint density at radius 3 is 2.56 bits per heavy atom. The Morgan fingerprint density at radius 2 is 1.88 bits per heavy atom. The van der Waals surface area contributed by atoms with Crippen molar-refractivity contribution in [2.45, 2.75) is 20.3 Å². The Bertz CT molecular complexity index is 841. The topological polar surface area (TPSA) is 52.9 Å². The van der Waals surface area contributed by atoms with Crippen molar-refractivity contribution in [1.82, 2.24) is 0 Å². The first-order valence-electron chi connectivity index (χ1n) is 8.23. The van der Waals surface area contributed by atoms with Crippen LogP contribution in [0, 0.1) is 6.92 Å². The van der Waals surface area contributed by atoms with E-state index in [2.05, 4.69) is 11.9 Å². The molecule has 0 aromatic heterocycles. The SMILES string of the molecule is CCCN=C1S/C(=C\c2ccc(O)cc2)C(=O)N1c1ccccc1C. The van der Waals surface area contributed by atoms with E-state index in [-0.39, 0.29) is 11.7 Å². The first-order valence-corrected chi connectivity index (χ1v) is 9.05. The number of hydrogen-bond acceptors (Lipinski definition) is 4. The standard InChI is InChI=1S/C20H20N2O2S/c1-3-12-21-20-22(17-7-5-4-6-14(17)2)19(24)18(25-20)13-15-8-10-16(23)11-9-15/h4-11,13,23H,3,12H2,1-2H3/b18-13-,21-20?. The Balaban J connectivity index is 2.00. The van der Waals surface area contributed by atoms with Crippen LogP contribution in [0.15, 0.2) is 58.4 Å². The molecule has 2 aromatic rings. The number of amidine groups is 1. The average Bonchev–Trinajstić information content (AvgIpc) is 2.91. The predicted molar refractivity (Wildman–Crippen MR) is 105 cm³/mol. The lowest BCUT2D eigenvalue weighted by Crippen LogP contribution is -2.29. The lowest BCUT2D eigenvalue weighted by Gasteiger charge is -2.17. The molecule has 0 saturated carbocycles. The number of thioether (sulfide) groups is 1. The highest BCUT2D eigenvalue weighted by Gasteiger charge is 2.35. The van der Waals surface area contributed by atoms with Crippen LogP contribution in [-0.4, -0.2) is 22.7 Å². The number of phenols is 1. The zero-order valence-electron chi connectivity index (χ0n) is 14.3. The number of amides is 1. The van der Waals surface area contributed by atoms with Gasteiger partial charge in [-0.1, -0.05) is 37.3 Å². The highest BCUT2D eigenvalue weighted by Crippen LogP contribution is 2.37. The summed E-state index contributed by atoms with van der Waals surface area (Å²) in [5.74, 6) is 0.140. The number of benzene rings is 2. The molecular weight excluding hydrogens is 332 g/mol. The summed E-state index contributed by atoms with van der Waals surface area (Å²) < 4.78 is 0. The fourth-order valence-electron chi connectivity index (χ4n) is 2.54. The first kappa shape index (κ1) is 17.3. The van der Waals surface area contributed by atoms with Gasteiger partial charge in [-0.15, -0.1) is 0 Å². The molecule has 1 fully saturated rings. The number of phenolic OH excluding ortho intramolecular Hbond substituents is 1. The molecule has 0 atom stereocenters. The lowest BCUT2D eigenvalue weighted by molar-refractivity contribution is -0.113. The van der Waals surface area contributed by atoms with Gasteiger partial charge in [0.2, 0.25) is 0 Å². The van der Waals surface area contributed by atoms with Crippen LogP contribution in [0.4, 0.5) is 5.69 Å². The molecular formula is C20H20N2O2S. The predicted octanol–water partition coefficient (Wildman–Crippen LogP) is 4.59. The smallest absolute Gasteiger partial charge is 0.271 e. The van der Waals surface area contributed by atoms with Crippen LogP contribution in [0.2, 0.25) is 0 Å². The molecule has 1 amide bonds. The van der Waals surface area contributed by atoms with Crippen LogP contribution >= 0.6 is 11.8 Å². The number of rotatable bonds is 4. The Kier molecular flexibility index (Phi) is 5.24. The van der Waals surface area contributed by atoms with Crippen molar-refractivity contribution in [3.8, 4) is 5.75 Å². The maximum Gasteiger partial charge on any atom is 0.271 e. The molecule has 0 spiro atoms. The normalized spacial score (nSPS) is 17.7. The number of aryl methyl sites for hydroxylation is 1. The van der Waals surface area contributed by atoms with E-state index in [1.807, 2.05) is 37.3 Å². The average molecular weight is 352 g/mol. The second kappa shape index (κ2) is 7.57. The molecule has 0 radical (unpaired) electrons. The molecule has 128 valence electrons. The van der Waals surface area contributed by atoms with Crippen molar-refractivity contribution in [2.75, 3.05) is 11.4 Å². The van der Waals surface area contributed by atoms with Crippen molar-refractivity contribution in [1.29, 1.82) is 0 Å². The fraction of sp³-hybridized carbons (Fsp3) is 0.200. The van der Waals surface area contributed by atoms with Crippen LogP contribution in [0.25, 0.3) is 6.08 Å². The highest BCUT2D eigenvalue weighted by molar-refractivity contribution is 8.19. The van der Waals surface area contributed by atoms with E-state index in [4.69, 9.17) is 0 Å². The second-order valence-corrected chi connectivity index (χ2v) is 6.80. The molecule has 0 unspecified atom stereocenters. The van der Waals surface area contributed by atoms with E-state index in [0.29, 0.717) is 16.6 Å². The number of nitrogens with zero attached hydrogens (tertiary/aromatic N) is 2. The number of carbonyl (C=O) groups is 1. The van der Waals surface area contributed by atoms with Gasteiger partial charge in [0.15, 0.2) is 5.17 Å². The molecule has 0 bridgehead atoms. The van der Waals surface area contributed by atoms with E-state index >= 15 is 0 Å². The molecule has 1 N–H and O–H groups in total. The van der Waals surface area contributed by atoms with Crippen LogP contribution in [0.3, 0.4) is 0 Å². The van der Waals surface area contributed by atoms with E-state index in [9.17, 15) is 9.90 Å². The highest BCUT2D eigenvalue weighted by atomic mass is 32.2. The van der Waals surface area contributed by atoms with E-state index in [1.54, 1.807) is 29.2 Å². The van der Waals surface area contributed by atoms with E-state index < -0.39 is 0 Å². The van der Waals surface area contributed by atoms with Gasteiger partial charge in [0.05, 0.1) is 10.6 Å². The maximum absolute atomic E-state index is 13.0. The van der Waals surface area contributed by atoms with Gasteiger partial charge in [0, 0.05) is 6.54 Å². The minimum absolute atomic E-state index is 0.0674. The summed E-state index contributed by atoms with van der Waals surface area (Å²) >= 11 is 1.39. The van der Waals surface area contributed by atoms with Crippen LogP contribution < -0.4 is 4.90 Å². The summed E-state index contributed by atoms with van der Waals surface area (Å²) in [5.41, 5.74) is 2.77. The maximum atomic E-state index is 13.0. The molecule has 0 aliphatic carbocycles. The Labute approximate surface area is 151 Å². The molecule has 4 nitrogen and oxygen atoms in total. The van der Waals surface area contributed by atoms with Gasteiger partial charge in [-0.3, -0.25) is 14.7 Å². The fourth-order valence-corrected chi connectivity index (χ4v) is 3.53. The zero-order valence-corrected chi connectivity index (χ0v) is 15.1. The summed E-state index contributed by atoms with van der Waals surface area (Å²) in [6.07, 6.45) is 2.77. The van der Waals surface area contributed by atoms with Crippen molar-refractivity contribution >= 4 is 34.6 Å². The van der Waals surface area contributed by atoms with Crippen molar-refractivity contribution in [3.63, 3.8) is 0 Å². The summed E-state index contributed by atoms with van der Waals surface area (Å²) in [5, 5.41) is 10.1. The summed E-state index contributed by atoms with van der Waals surface area (Å²) in [6.45, 7) is 4.74. The Morgan fingerprint density at radius 1 is 1.16 bits per heavy atom. The quantitative estimate of drug-likeness (QED) is 0.819. The van der Waals surface area contributed by atoms with Crippen LogP contribution in [0.5, 0.6) is 5.75 Å². The molecule has 5 heteroatoms. The third-order valence-electron chi connectivity index (χ3n) is 3.82. The van der Waals surface area contributed by atoms with Crippen LogP contribution in [0.1, 0.15) is 24.5 Å². The number of aliphatic imine (C=N–C) groups is 1. The monoisotopic (exact) mass is 352 g/mol. The van der Waals surface area contributed by atoms with Gasteiger partial charge in [0.25, 0.3) is 5.91 Å². The number of hydrogen-bond donors (Lipinski definition) is 1. The summed E-state index contributed by atoms with van der Waals surface area (Å²) in [6, 6.07) is 14.6. The Hall–Kier alpha value is -2.53. The molecule has 1 heterocycles. The summed E-state index contributed by atoms with van der Waals surface area (Å²) in [7, 11) is 0. The third-order valence-corrected chi connectivity index (χ3v) is 4.83. The molecule has 1 aliphatic rings. The minimum atomic E-state index is -0.0674. The van der Waals surface area contributed by atoms with Crippen molar-refractivity contribution in [3.05, 3.63) is 64.6 Å². The second-order valence-electron chi connectivity index (χ2n) is 5.79. The number of anilines is 1. The van der Waals surface area contributed by atoms with Gasteiger partial charge >= 0.3 is 0 Å². The molecule has 2 aromatic carbocycles. The first-order chi connectivity index (χ1) is 12.1.